The Kier molecular flexibility index (Phi) is 3.39. The number of aromatic nitrogens is 2. The van der Waals surface area contributed by atoms with Crippen LogP contribution in [-0.4, -0.2) is 32.2 Å². The van der Waals surface area contributed by atoms with Crippen molar-refractivity contribution >= 4 is 11.7 Å². The molecule has 6 heteroatoms. The van der Waals surface area contributed by atoms with Crippen molar-refractivity contribution < 1.29 is 5.11 Å². The summed E-state index contributed by atoms with van der Waals surface area (Å²) in [5, 5.41) is 18.8. The van der Waals surface area contributed by atoms with Crippen LogP contribution in [0.1, 0.15) is 30.7 Å². The lowest BCUT2D eigenvalue weighted by molar-refractivity contribution is 0.169. The number of aromatic amines is 1. The van der Waals surface area contributed by atoms with E-state index in [0.29, 0.717) is 11.9 Å². The van der Waals surface area contributed by atoms with Gasteiger partial charge in [0.15, 0.2) is 11.7 Å². The number of aryl methyl sites for hydroxylation is 1. The Balaban J connectivity index is 2.05. The largest absolute Gasteiger partial charge is 0.508 e. The molecule has 21 heavy (non-hydrogen) atoms. The minimum atomic E-state index is 0.273. The molecule has 110 valence electrons. The normalized spacial score (nSPS) is 17.0. The smallest absolute Gasteiger partial charge is 0.175 e. The van der Waals surface area contributed by atoms with Crippen LogP contribution in [0.15, 0.2) is 29.3 Å². The van der Waals surface area contributed by atoms with Gasteiger partial charge in [-0.2, -0.15) is 5.10 Å². The van der Waals surface area contributed by atoms with Crippen LogP contribution in [0.3, 0.4) is 0 Å². The topological polar surface area (TPSA) is 76.5 Å². The predicted molar refractivity (Wildman–Crippen MR) is 81.4 cm³/mol. The van der Waals surface area contributed by atoms with Crippen molar-refractivity contribution in [3.8, 4) is 5.75 Å². The molecule has 1 aliphatic heterocycles. The number of phenols is 1. The van der Waals surface area contributed by atoms with Crippen molar-refractivity contribution in [1.82, 2.24) is 20.6 Å². The lowest BCUT2D eigenvalue weighted by atomic mass is 10.0. The molecule has 3 N–H and O–H groups in total. The maximum absolute atomic E-state index is 9.70. The number of aliphatic imine (C=N–C) groups is 1. The zero-order valence-electron chi connectivity index (χ0n) is 12.4. The molecule has 0 unspecified atom stereocenters. The number of hydrazine groups is 1. The summed E-state index contributed by atoms with van der Waals surface area (Å²) >= 11 is 0. The van der Waals surface area contributed by atoms with Crippen molar-refractivity contribution in [3.63, 3.8) is 0 Å². The molecule has 0 spiro atoms. The van der Waals surface area contributed by atoms with Crippen LogP contribution in [0.25, 0.3) is 0 Å². The first kappa shape index (κ1) is 13.6. The number of hydrogen-bond donors (Lipinski definition) is 3. The molecule has 1 aromatic heterocycles. The molecule has 0 atom stereocenters. The second kappa shape index (κ2) is 5.21. The van der Waals surface area contributed by atoms with Crippen LogP contribution in [0.4, 0.5) is 5.82 Å². The lowest BCUT2D eigenvalue weighted by Gasteiger charge is -2.34. The SMILES string of the molecule is Cc1cc(N=C2NN(C(C)C)Cc3cc(O)ccc32)n[nH]1. The fraction of sp³-hybridized carbons (Fsp3) is 0.333. The van der Waals surface area contributed by atoms with E-state index in [1.54, 1.807) is 12.1 Å². The molecule has 0 saturated carbocycles. The summed E-state index contributed by atoms with van der Waals surface area (Å²) in [5.74, 6) is 1.66. The third-order valence-electron chi connectivity index (χ3n) is 3.48. The summed E-state index contributed by atoms with van der Waals surface area (Å²) in [6, 6.07) is 7.55. The molecule has 3 rings (SSSR count). The molecular weight excluding hydrogens is 266 g/mol. The van der Waals surface area contributed by atoms with Gasteiger partial charge in [0, 0.05) is 29.9 Å². The summed E-state index contributed by atoms with van der Waals surface area (Å²) in [7, 11) is 0. The number of H-pyrrole nitrogens is 1. The molecule has 0 radical (unpaired) electrons. The van der Waals surface area contributed by atoms with Gasteiger partial charge in [0.05, 0.1) is 0 Å². The van der Waals surface area contributed by atoms with Gasteiger partial charge >= 0.3 is 0 Å². The third kappa shape index (κ3) is 2.75. The van der Waals surface area contributed by atoms with Crippen LogP contribution in [-0.2, 0) is 6.54 Å². The van der Waals surface area contributed by atoms with Crippen LogP contribution in [0.2, 0.25) is 0 Å². The zero-order chi connectivity index (χ0) is 15.0. The van der Waals surface area contributed by atoms with Gasteiger partial charge in [0.2, 0.25) is 0 Å². The van der Waals surface area contributed by atoms with Gasteiger partial charge in [-0.05, 0) is 44.5 Å². The van der Waals surface area contributed by atoms with Gasteiger partial charge in [0.1, 0.15) is 5.75 Å². The van der Waals surface area contributed by atoms with Crippen molar-refractivity contribution in [2.75, 3.05) is 0 Å². The summed E-state index contributed by atoms with van der Waals surface area (Å²) in [6.07, 6.45) is 0. The van der Waals surface area contributed by atoms with E-state index in [2.05, 4.69) is 39.5 Å². The van der Waals surface area contributed by atoms with Gasteiger partial charge in [0.25, 0.3) is 0 Å². The Labute approximate surface area is 123 Å². The number of amidine groups is 1. The Morgan fingerprint density at radius 3 is 2.81 bits per heavy atom. The average molecular weight is 285 g/mol. The van der Waals surface area contributed by atoms with E-state index in [1.807, 2.05) is 19.1 Å². The minimum absolute atomic E-state index is 0.273. The van der Waals surface area contributed by atoms with E-state index >= 15 is 0 Å². The monoisotopic (exact) mass is 285 g/mol. The number of phenolic OH excluding ortho intramolecular Hbond substituents is 1. The molecule has 0 aliphatic carbocycles. The standard InChI is InChI=1S/C15H19N5O/c1-9(2)20-8-11-7-12(21)4-5-13(11)15(19-20)16-14-6-10(3)17-18-14/h4-7,9,21H,8H2,1-3H3,(H2,16,17,18,19). The van der Waals surface area contributed by atoms with Crippen molar-refractivity contribution in [3.05, 3.63) is 41.1 Å². The van der Waals surface area contributed by atoms with Crippen LogP contribution in [0, 0.1) is 6.92 Å². The highest BCUT2D eigenvalue weighted by molar-refractivity contribution is 6.01. The van der Waals surface area contributed by atoms with E-state index in [1.165, 1.54) is 0 Å². The van der Waals surface area contributed by atoms with Crippen LogP contribution < -0.4 is 5.43 Å². The molecule has 6 nitrogen and oxygen atoms in total. The van der Waals surface area contributed by atoms with Crippen LogP contribution in [0.5, 0.6) is 5.75 Å². The van der Waals surface area contributed by atoms with Gasteiger partial charge in [-0.1, -0.05) is 0 Å². The van der Waals surface area contributed by atoms with Gasteiger partial charge in [-0.25, -0.2) is 10.0 Å². The Hall–Kier alpha value is -2.34. The number of aromatic hydroxyl groups is 1. The Morgan fingerprint density at radius 1 is 1.33 bits per heavy atom. The van der Waals surface area contributed by atoms with Gasteiger partial charge in [-0.3, -0.25) is 5.10 Å². The highest BCUT2D eigenvalue weighted by atomic mass is 16.3. The molecule has 0 fully saturated rings. The summed E-state index contributed by atoms with van der Waals surface area (Å²) in [5.41, 5.74) is 6.34. The number of hydrogen-bond acceptors (Lipinski definition) is 4. The third-order valence-corrected chi connectivity index (χ3v) is 3.48. The minimum Gasteiger partial charge on any atom is -0.508 e. The summed E-state index contributed by atoms with van der Waals surface area (Å²) < 4.78 is 0. The predicted octanol–water partition coefficient (Wildman–Crippen LogP) is 2.23. The molecular formula is C15H19N5O. The highest BCUT2D eigenvalue weighted by Crippen LogP contribution is 2.24. The molecule has 2 heterocycles. The highest BCUT2D eigenvalue weighted by Gasteiger charge is 2.23. The molecule has 0 amide bonds. The van der Waals surface area contributed by atoms with Crippen LogP contribution >= 0.6 is 0 Å². The van der Waals surface area contributed by atoms with E-state index in [4.69, 9.17) is 0 Å². The van der Waals surface area contributed by atoms with Crippen molar-refractivity contribution in [1.29, 1.82) is 0 Å². The zero-order valence-corrected chi connectivity index (χ0v) is 12.4. The quantitative estimate of drug-likeness (QED) is 0.791. The number of benzene rings is 1. The summed E-state index contributed by atoms with van der Waals surface area (Å²) in [6.45, 7) is 6.88. The molecule has 2 aromatic rings. The van der Waals surface area contributed by atoms with Crippen molar-refractivity contribution in [2.24, 2.45) is 4.99 Å². The number of nitrogens with one attached hydrogen (secondary N) is 2. The fourth-order valence-electron chi connectivity index (χ4n) is 2.33. The van der Waals surface area contributed by atoms with Crippen molar-refractivity contribution in [2.45, 2.75) is 33.4 Å². The van der Waals surface area contributed by atoms with E-state index < -0.39 is 0 Å². The van der Waals surface area contributed by atoms with E-state index in [0.717, 1.165) is 29.2 Å². The number of rotatable bonds is 2. The number of nitrogens with zero attached hydrogens (tertiary/aromatic N) is 3. The second-order valence-corrected chi connectivity index (χ2v) is 5.54. The van der Waals surface area contributed by atoms with Gasteiger partial charge < -0.3 is 10.5 Å². The Morgan fingerprint density at radius 2 is 2.14 bits per heavy atom. The average Bonchev–Trinajstić information content (AvgIpc) is 2.83. The number of fused-ring (bicyclic) bond motifs is 1. The molecule has 0 saturated heterocycles. The maximum atomic E-state index is 9.70. The maximum Gasteiger partial charge on any atom is 0.175 e. The lowest BCUT2D eigenvalue weighted by Crippen LogP contribution is -2.49. The second-order valence-electron chi connectivity index (χ2n) is 5.54. The van der Waals surface area contributed by atoms with E-state index in [9.17, 15) is 5.11 Å². The molecule has 0 bridgehead atoms. The van der Waals surface area contributed by atoms with Gasteiger partial charge in [-0.15, -0.1) is 0 Å². The Bertz CT molecular complexity index is 689. The first-order valence-electron chi connectivity index (χ1n) is 6.99. The first-order chi connectivity index (χ1) is 10.0. The molecule has 1 aromatic carbocycles. The van der Waals surface area contributed by atoms with E-state index in [-0.39, 0.29) is 5.75 Å². The summed E-state index contributed by atoms with van der Waals surface area (Å²) in [4.78, 5) is 4.58. The molecule has 1 aliphatic rings. The fourth-order valence-corrected chi connectivity index (χ4v) is 2.33. The first-order valence-corrected chi connectivity index (χ1v) is 6.99.